The minimum atomic E-state index is -3.77. The average Bonchev–Trinajstić information content (AvgIpc) is 2.42. The Morgan fingerprint density at radius 2 is 2.00 bits per heavy atom. The van der Waals surface area contributed by atoms with Crippen LogP contribution >= 0.6 is 0 Å². The maximum Gasteiger partial charge on any atom is 0.311 e. The van der Waals surface area contributed by atoms with Crippen LogP contribution in [0.25, 0.3) is 0 Å². The zero-order valence-corrected chi connectivity index (χ0v) is 15.3. The Labute approximate surface area is 138 Å². The lowest BCUT2D eigenvalue weighted by Crippen LogP contribution is -2.30. The molecule has 1 aromatic rings. The first-order valence-electron chi connectivity index (χ1n) is 7.77. The van der Waals surface area contributed by atoms with Crippen molar-refractivity contribution in [1.29, 1.82) is 0 Å². The third-order valence-corrected chi connectivity index (χ3v) is 3.71. The summed E-state index contributed by atoms with van der Waals surface area (Å²) in [6.07, 6.45) is 7.42. The first-order valence-corrected chi connectivity index (χ1v) is 9.58. The van der Waals surface area contributed by atoms with Crippen molar-refractivity contribution >= 4 is 10.1 Å². The molecule has 7 heteroatoms. The molecule has 1 heterocycles. The van der Waals surface area contributed by atoms with Gasteiger partial charge in [-0.25, -0.2) is 4.68 Å². The maximum atomic E-state index is 12.4. The normalized spacial score (nSPS) is 12.3. The van der Waals surface area contributed by atoms with Crippen LogP contribution in [0.4, 0.5) is 0 Å². The fourth-order valence-corrected chi connectivity index (χ4v) is 2.68. The minimum Gasteiger partial charge on any atom is -0.376 e. The second-order valence-corrected chi connectivity index (χ2v) is 7.61. The van der Waals surface area contributed by atoms with Crippen molar-refractivity contribution in [3.63, 3.8) is 0 Å². The molecule has 23 heavy (non-hydrogen) atoms. The van der Waals surface area contributed by atoms with Crippen molar-refractivity contribution in [2.24, 2.45) is 5.92 Å². The summed E-state index contributed by atoms with van der Waals surface area (Å²) in [5, 5.41) is 4.41. The summed E-state index contributed by atoms with van der Waals surface area (Å²) in [7, 11) is -3.77. The summed E-state index contributed by atoms with van der Waals surface area (Å²) in [5.41, 5.74) is 0.702. The largest absolute Gasteiger partial charge is 0.376 e. The molecule has 0 N–H and O–H groups in total. The Hall–Kier alpha value is -1.63. The molecule has 0 spiro atoms. The fraction of sp³-hybridized carbons (Fsp3) is 0.625. The van der Waals surface area contributed by atoms with Crippen molar-refractivity contribution in [3.8, 4) is 5.75 Å². The number of nitrogens with zero attached hydrogens (tertiary/aromatic N) is 2. The van der Waals surface area contributed by atoms with Crippen LogP contribution < -0.4 is 9.74 Å². The summed E-state index contributed by atoms with van der Waals surface area (Å²) in [6, 6.07) is 0. The topological polar surface area (TPSA) is 78.3 Å². The van der Waals surface area contributed by atoms with Crippen LogP contribution in [-0.4, -0.2) is 24.5 Å². The number of aryl methyl sites for hydroxylation is 1. The van der Waals surface area contributed by atoms with Gasteiger partial charge in [-0.1, -0.05) is 26.0 Å². The van der Waals surface area contributed by atoms with Gasteiger partial charge < -0.3 is 4.18 Å². The molecular formula is C16H26N2O4S. The van der Waals surface area contributed by atoms with Gasteiger partial charge in [0.05, 0.1) is 11.9 Å². The van der Waals surface area contributed by atoms with Crippen LogP contribution in [0.2, 0.25) is 0 Å². The number of hydrogen-bond acceptors (Lipinski definition) is 5. The summed E-state index contributed by atoms with van der Waals surface area (Å²) < 4.78 is 29.1. The molecule has 6 nitrogen and oxygen atoms in total. The van der Waals surface area contributed by atoms with Crippen molar-refractivity contribution < 1.29 is 12.6 Å². The first kappa shape index (κ1) is 19.4. The van der Waals surface area contributed by atoms with E-state index in [0.29, 0.717) is 24.2 Å². The molecule has 0 amide bonds. The van der Waals surface area contributed by atoms with E-state index >= 15 is 0 Å². The van der Waals surface area contributed by atoms with Gasteiger partial charge in [-0.3, -0.25) is 4.79 Å². The highest BCUT2D eigenvalue weighted by atomic mass is 32.2. The third kappa shape index (κ3) is 6.17. The molecule has 0 bridgehead atoms. The second kappa shape index (κ2) is 8.29. The molecule has 0 aliphatic heterocycles. The molecule has 0 unspecified atom stereocenters. The Kier molecular flexibility index (Phi) is 7.00. The number of unbranched alkanes of at least 4 members (excludes halogenated alkanes) is 1. The van der Waals surface area contributed by atoms with Crippen LogP contribution in [0.5, 0.6) is 5.75 Å². The van der Waals surface area contributed by atoms with Gasteiger partial charge in [0.15, 0.2) is 0 Å². The number of rotatable bonds is 8. The van der Waals surface area contributed by atoms with E-state index in [0.717, 1.165) is 19.1 Å². The molecule has 1 aromatic heterocycles. The highest BCUT2D eigenvalue weighted by molar-refractivity contribution is 7.86. The van der Waals surface area contributed by atoms with Gasteiger partial charge in [0.25, 0.3) is 0 Å². The highest BCUT2D eigenvalue weighted by Crippen LogP contribution is 2.19. The maximum absolute atomic E-state index is 12.4. The lowest BCUT2D eigenvalue weighted by atomic mass is 10.1. The van der Waals surface area contributed by atoms with E-state index in [1.165, 1.54) is 4.68 Å². The van der Waals surface area contributed by atoms with Gasteiger partial charge in [0, 0.05) is 12.1 Å². The van der Waals surface area contributed by atoms with Crippen molar-refractivity contribution in [3.05, 3.63) is 33.8 Å². The van der Waals surface area contributed by atoms with Crippen molar-refractivity contribution in [1.82, 2.24) is 9.78 Å². The monoisotopic (exact) mass is 342 g/mol. The standard InChI is InChI=1S/C16H26N2O4S/c1-6-7-8-9-10-14-13(4)15(22-23(5,20)21)16(19)18(17-14)11-12(2)3/h6-7,12H,8-11H2,1-5H3. The lowest BCUT2D eigenvalue weighted by Gasteiger charge is -2.15. The van der Waals surface area contributed by atoms with Gasteiger partial charge in [-0.2, -0.15) is 13.5 Å². The molecule has 0 fully saturated rings. The predicted molar refractivity (Wildman–Crippen MR) is 91.3 cm³/mol. The zero-order chi connectivity index (χ0) is 17.6. The van der Waals surface area contributed by atoms with E-state index < -0.39 is 15.7 Å². The van der Waals surface area contributed by atoms with Gasteiger partial charge in [0.1, 0.15) is 0 Å². The van der Waals surface area contributed by atoms with Gasteiger partial charge in [-0.05, 0) is 39.0 Å². The van der Waals surface area contributed by atoms with E-state index in [1.807, 2.05) is 26.8 Å². The van der Waals surface area contributed by atoms with Crippen LogP contribution in [-0.2, 0) is 23.1 Å². The Balaban J connectivity index is 3.28. The van der Waals surface area contributed by atoms with E-state index in [2.05, 4.69) is 11.2 Å². The van der Waals surface area contributed by atoms with Crippen LogP contribution in [0, 0.1) is 12.8 Å². The van der Waals surface area contributed by atoms with Crippen LogP contribution in [0.1, 0.15) is 44.9 Å². The zero-order valence-electron chi connectivity index (χ0n) is 14.5. The summed E-state index contributed by atoms with van der Waals surface area (Å²) >= 11 is 0. The van der Waals surface area contributed by atoms with Crippen LogP contribution in [0.15, 0.2) is 16.9 Å². The van der Waals surface area contributed by atoms with E-state index in [1.54, 1.807) is 6.92 Å². The third-order valence-electron chi connectivity index (χ3n) is 3.24. The summed E-state index contributed by atoms with van der Waals surface area (Å²) in [4.78, 5) is 12.4. The molecule has 0 aliphatic rings. The molecular weight excluding hydrogens is 316 g/mol. The van der Waals surface area contributed by atoms with E-state index in [4.69, 9.17) is 4.18 Å². The smallest absolute Gasteiger partial charge is 0.311 e. The average molecular weight is 342 g/mol. The predicted octanol–water partition coefficient (Wildman–Crippen LogP) is 2.44. The fourth-order valence-electron chi connectivity index (χ4n) is 2.19. The molecule has 0 aliphatic carbocycles. The molecule has 0 saturated heterocycles. The number of allylic oxidation sites excluding steroid dienone is 2. The molecule has 130 valence electrons. The molecule has 0 radical (unpaired) electrons. The van der Waals surface area contributed by atoms with Crippen molar-refractivity contribution in [2.45, 2.75) is 53.5 Å². The molecule has 0 aromatic carbocycles. The Bertz CT molecular complexity index is 718. The van der Waals surface area contributed by atoms with Crippen LogP contribution in [0.3, 0.4) is 0 Å². The highest BCUT2D eigenvalue weighted by Gasteiger charge is 2.19. The van der Waals surface area contributed by atoms with Gasteiger partial charge in [-0.15, -0.1) is 0 Å². The Morgan fingerprint density at radius 3 is 2.52 bits per heavy atom. The minimum absolute atomic E-state index is 0.135. The van der Waals surface area contributed by atoms with Gasteiger partial charge >= 0.3 is 15.7 Å². The lowest BCUT2D eigenvalue weighted by molar-refractivity contribution is 0.432. The first-order chi connectivity index (χ1) is 10.7. The Morgan fingerprint density at radius 1 is 1.35 bits per heavy atom. The quantitative estimate of drug-likeness (QED) is 0.412. The second-order valence-electron chi connectivity index (χ2n) is 6.03. The molecule has 0 atom stereocenters. The SMILES string of the molecule is CC=CCCCc1nn(CC(C)C)c(=O)c(OS(C)(=O)=O)c1C. The summed E-state index contributed by atoms with van der Waals surface area (Å²) in [6.45, 7) is 8.00. The molecule has 0 saturated carbocycles. The van der Waals surface area contributed by atoms with Gasteiger partial charge in [0.2, 0.25) is 5.75 Å². The molecule has 1 rings (SSSR count). The number of aromatic nitrogens is 2. The van der Waals surface area contributed by atoms with Crippen molar-refractivity contribution in [2.75, 3.05) is 6.26 Å². The van der Waals surface area contributed by atoms with E-state index in [9.17, 15) is 13.2 Å². The summed E-state index contributed by atoms with van der Waals surface area (Å²) in [5.74, 6) is 0.0778. The van der Waals surface area contributed by atoms with E-state index in [-0.39, 0.29) is 11.7 Å². The number of hydrogen-bond donors (Lipinski definition) is 0.